The molecular formula is C21H22N2O2. The van der Waals surface area contributed by atoms with Crippen molar-refractivity contribution in [1.29, 1.82) is 0 Å². The van der Waals surface area contributed by atoms with Crippen molar-refractivity contribution in [3.05, 3.63) is 71.3 Å². The molecule has 4 heteroatoms. The number of amides is 2. The summed E-state index contributed by atoms with van der Waals surface area (Å²) in [7, 11) is 0. The van der Waals surface area contributed by atoms with Gasteiger partial charge in [0.2, 0.25) is 11.8 Å². The average Bonchev–Trinajstić information content (AvgIpc) is 3.09. The van der Waals surface area contributed by atoms with E-state index in [0.717, 1.165) is 12.8 Å². The smallest absolute Gasteiger partial charge is 0.245 e. The fourth-order valence-corrected chi connectivity index (χ4v) is 3.97. The van der Waals surface area contributed by atoms with Gasteiger partial charge in [0, 0.05) is 13.0 Å². The van der Waals surface area contributed by atoms with Crippen LogP contribution >= 0.6 is 0 Å². The molecule has 1 saturated heterocycles. The van der Waals surface area contributed by atoms with Crippen molar-refractivity contribution < 1.29 is 9.59 Å². The summed E-state index contributed by atoms with van der Waals surface area (Å²) in [6.45, 7) is 0.708. The Morgan fingerprint density at radius 2 is 1.80 bits per heavy atom. The summed E-state index contributed by atoms with van der Waals surface area (Å²) < 4.78 is 0. The molecule has 0 bridgehead atoms. The van der Waals surface area contributed by atoms with Crippen molar-refractivity contribution >= 4 is 11.8 Å². The lowest BCUT2D eigenvalue weighted by Gasteiger charge is -2.39. The highest BCUT2D eigenvalue weighted by molar-refractivity contribution is 5.91. The van der Waals surface area contributed by atoms with E-state index in [1.807, 2.05) is 29.2 Å². The largest absolute Gasteiger partial charge is 0.344 e. The monoisotopic (exact) mass is 334 g/mol. The first-order valence-electron chi connectivity index (χ1n) is 8.94. The molecule has 2 aromatic carbocycles. The second-order valence-corrected chi connectivity index (χ2v) is 6.84. The molecule has 0 radical (unpaired) electrons. The molecule has 2 aliphatic heterocycles. The van der Waals surface area contributed by atoms with Crippen molar-refractivity contribution in [1.82, 2.24) is 10.2 Å². The minimum Gasteiger partial charge on any atom is -0.344 e. The third-order valence-corrected chi connectivity index (χ3v) is 5.26. The van der Waals surface area contributed by atoms with Crippen molar-refractivity contribution in [2.24, 2.45) is 0 Å². The standard InChI is InChI=1S/C21H22N2O2/c24-20-11-10-18(22-20)21(25)23-13-12-16-8-4-5-9-17(16)19(23)14-15-6-2-1-3-7-15/h1-9,18-19H,10-14H2,(H,22,24)/t18-,19-/m0/s1. The van der Waals surface area contributed by atoms with E-state index in [1.165, 1.54) is 16.7 Å². The summed E-state index contributed by atoms with van der Waals surface area (Å²) in [5.41, 5.74) is 3.77. The van der Waals surface area contributed by atoms with Gasteiger partial charge in [-0.2, -0.15) is 0 Å². The second-order valence-electron chi connectivity index (χ2n) is 6.84. The number of nitrogens with one attached hydrogen (secondary N) is 1. The molecular weight excluding hydrogens is 312 g/mol. The maximum absolute atomic E-state index is 13.1. The summed E-state index contributed by atoms with van der Waals surface area (Å²) in [6, 6.07) is 18.4. The molecule has 128 valence electrons. The quantitative estimate of drug-likeness (QED) is 0.938. The minimum absolute atomic E-state index is 0.0182. The fraction of sp³-hybridized carbons (Fsp3) is 0.333. The first-order chi connectivity index (χ1) is 12.2. The van der Waals surface area contributed by atoms with E-state index >= 15 is 0 Å². The zero-order valence-electron chi connectivity index (χ0n) is 14.2. The van der Waals surface area contributed by atoms with Crippen molar-refractivity contribution in [3.63, 3.8) is 0 Å². The predicted molar refractivity (Wildman–Crippen MR) is 95.9 cm³/mol. The first-order valence-corrected chi connectivity index (χ1v) is 8.94. The lowest BCUT2D eigenvalue weighted by Crippen LogP contribution is -2.49. The number of carbonyl (C=O) groups is 2. The molecule has 0 aromatic heterocycles. The van der Waals surface area contributed by atoms with Crippen molar-refractivity contribution in [2.45, 2.75) is 37.8 Å². The molecule has 4 nitrogen and oxygen atoms in total. The van der Waals surface area contributed by atoms with E-state index in [9.17, 15) is 9.59 Å². The highest BCUT2D eigenvalue weighted by Crippen LogP contribution is 2.33. The van der Waals surface area contributed by atoms with Gasteiger partial charge in [0.15, 0.2) is 0 Å². The molecule has 0 aliphatic carbocycles. The summed E-state index contributed by atoms with van der Waals surface area (Å²) >= 11 is 0. The number of nitrogens with zero attached hydrogens (tertiary/aromatic N) is 1. The summed E-state index contributed by atoms with van der Waals surface area (Å²) in [4.78, 5) is 26.6. The molecule has 1 fully saturated rings. The normalized spacial score (nSPS) is 22.4. The van der Waals surface area contributed by atoms with E-state index < -0.39 is 0 Å². The van der Waals surface area contributed by atoms with Gasteiger partial charge >= 0.3 is 0 Å². The Hall–Kier alpha value is -2.62. The van der Waals surface area contributed by atoms with Crippen molar-refractivity contribution in [2.75, 3.05) is 6.54 Å². The van der Waals surface area contributed by atoms with Crippen LogP contribution in [-0.2, 0) is 22.4 Å². The maximum atomic E-state index is 13.1. The van der Waals surface area contributed by atoms with Crippen LogP contribution < -0.4 is 5.32 Å². The SMILES string of the molecule is O=C1CC[C@@H](C(=O)N2CCc3ccccc3[C@@H]2Cc2ccccc2)N1. The van der Waals surface area contributed by atoms with E-state index in [1.54, 1.807) is 0 Å². The molecule has 2 atom stereocenters. The van der Waals surface area contributed by atoms with Gasteiger partial charge in [-0.1, -0.05) is 54.6 Å². The van der Waals surface area contributed by atoms with Crippen LogP contribution in [0.4, 0.5) is 0 Å². The number of fused-ring (bicyclic) bond motifs is 1. The average molecular weight is 334 g/mol. The van der Waals surface area contributed by atoms with Crippen LogP contribution in [0.2, 0.25) is 0 Å². The van der Waals surface area contributed by atoms with E-state index in [-0.39, 0.29) is 23.9 Å². The van der Waals surface area contributed by atoms with Gasteiger partial charge in [0.25, 0.3) is 0 Å². The van der Waals surface area contributed by atoms with Gasteiger partial charge < -0.3 is 10.2 Å². The lowest BCUT2D eigenvalue weighted by molar-refractivity contribution is -0.137. The molecule has 2 amide bonds. The lowest BCUT2D eigenvalue weighted by atomic mass is 9.88. The molecule has 2 heterocycles. The molecule has 25 heavy (non-hydrogen) atoms. The fourth-order valence-electron chi connectivity index (χ4n) is 3.97. The Morgan fingerprint density at radius 3 is 2.56 bits per heavy atom. The minimum atomic E-state index is -0.365. The molecule has 2 aromatic rings. The van der Waals surface area contributed by atoms with Gasteiger partial charge in [-0.15, -0.1) is 0 Å². The van der Waals surface area contributed by atoms with Gasteiger partial charge in [0.1, 0.15) is 6.04 Å². The Labute approximate surface area is 147 Å². The van der Waals surface area contributed by atoms with Gasteiger partial charge in [-0.05, 0) is 36.0 Å². The number of rotatable bonds is 3. The zero-order valence-corrected chi connectivity index (χ0v) is 14.2. The zero-order chi connectivity index (χ0) is 17.2. The van der Waals surface area contributed by atoms with E-state index in [0.29, 0.717) is 19.4 Å². The number of benzene rings is 2. The molecule has 4 rings (SSSR count). The Morgan fingerprint density at radius 1 is 1.04 bits per heavy atom. The van der Waals surface area contributed by atoms with Crippen LogP contribution in [0.25, 0.3) is 0 Å². The van der Waals surface area contributed by atoms with Crippen LogP contribution in [-0.4, -0.2) is 29.3 Å². The Kier molecular flexibility index (Phi) is 4.26. The number of hydrogen-bond acceptors (Lipinski definition) is 2. The number of hydrogen-bond donors (Lipinski definition) is 1. The third-order valence-electron chi connectivity index (χ3n) is 5.26. The van der Waals surface area contributed by atoms with Crippen molar-refractivity contribution in [3.8, 4) is 0 Å². The maximum Gasteiger partial charge on any atom is 0.245 e. The van der Waals surface area contributed by atoms with Gasteiger partial charge in [-0.3, -0.25) is 9.59 Å². The highest BCUT2D eigenvalue weighted by atomic mass is 16.2. The first kappa shape index (κ1) is 15.9. The van der Waals surface area contributed by atoms with Gasteiger partial charge in [-0.25, -0.2) is 0 Å². The Balaban J connectivity index is 1.65. The van der Waals surface area contributed by atoms with Gasteiger partial charge in [0.05, 0.1) is 6.04 Å². The number of carbonyl (C=O) groups excluding carboxylic acids is 2. The summed E-state index contributed by atoms with van der Waals surface area (Å²) in [6.07, 6.45) is 2.72. The summed E-state index contributed by atoms with van der Waals surface area (Å²) in [5.74, 6) is 0.0386. The topological polar surface area (TPSA) is 49.4 Å². The van der Waals surface area contributed by atoms with Crippen LogP contribution in [0.1, 0.15) is 35.6 Å². The molecule has 2 aliphatic rings. The molecule has 0 spiro atoms. The van der Waals surface area contributed by atoms with Crippen LogP contribution in [0.15, 0.2) is 54.6 Å². The van der Waals surface area contributed by atoms with Crippen LogP contribution in [0.3, 0.4) is 0 Å². The van der Waals surface area contributed by atoms with Crippen LogP contribution in [0, 0.1) is 0 Å². The van der Waals surface area contributed by atoms with Crippen LogP contribution in [0.5, 0.6) is 0 Å². The van der Waals surface area contributed by atoms with E-state index in [4.69, 9.17) is 0 Å². The predicted octanol–water partition coefficient (Wildman–Crippen LogP) is 2.63. The molecule has 0 unspecified atom stereocenters. The highest BCUT2D eigenvalue weighted by Gasteiger charge is 2.36. The second kappa shape index (κ2) is 6.71. The molecule has 1 N–H and O–H groups in total. The third kappa shape index (κ3) is 3.16. The Bertz CT molecular complexity index is 787. The van der Waals surface area contributed by atoms with E-state index in [2.05, 4.69) is 35.6 Å². The molecule has 0 saturated carbocycles. The summed E-state index contributed by atoms with van der Waals surface area (Å²) in [5, 5.41) is 2.83.